The van der Waals surface area contributed by atoms with Gasteiger partial charge in [0.1, 0.15) is 4.88 Å². The Hall–Kier alpha value is -2.37. The molecule has 0 atom stereocenters. The molecule has 1 N–H and O–H groups in total. The highest BCUT2D eigenvalue weighted by Crippen LogP contribution is 2.45. The van der Waals surface area contributed by atoms with Crippen LogP contribution in [0.1, 0.15) is 56.1 Å². The van der Waals surface area contributed by atoms with Crippen LogP contribution in [0.25, 0.3) is 21.2 Å². The van der Waals surface area contributed by atoms with E-state index in [0.717, 1.165) is 46.9 Å². The van der Waals surface area contributed by atoms with Gasteiger partial charge >= 0.3 is 5.97 Å². The Morgan fingerprint density at radius 1 is 1.06 bits per heavy atom. The fourth-order valence-electron chi connectivity index (χ4n) is 4.67. The molecule has 32 heavy (non-hydrogen) atoms. The Balaban J connectivity index is 1.87. The molecule has 1 aliphatic carbocycles. The first-order valence-electron chi connectivity index (χ1n) is 11.2. The third kappa shape index (κ3) is 4.28. The first kappa shape index (κ1) is 22.8. The second-order valence-corrected chi connectivity index (χ2v) is 10.5. The minimum Gasteiger partial charge on any atom is -0.477 e. The van der Waals surface area contributed by atoms with Gasteiger partial charge in [-0.1, -0.05) is 48.9 Å². The summed E-state index contributed by atoms with van der Waals surface area (Å²) in [5.74, 6) is -0.361. The fourth-order valence-corrected chi connectivity index (χ4v) is 5.97. The van der Waals surface area contributed by atoms with Crippen molar-refractivity contribution in [2.75, 3.05) is 4.90 Å². The predicted molar refractivity (Wildman–Crippen MR) is 133 cm³/mol. The molecule has 4 nitrogen and oxygen atoms in total. The summed E-state index contributed by atoms with van der Waals surface area (Å²) in [5.41, 5.74) is 2.45. The van der Waals surface area contributed by atoms with E-state index in [9.17, 15) is 14.7 Å². The molecule has 1 heterocycles. The van der Waals surface area contributed by atoms with Gasteiger partial charge in [0.05, 0.1) is 5.69 Å². The van der Waals surface area contributed by atoms with Crippen molar-refractivity contribution in [3.05, 3.63) is 52.4 Å². The summed E-state index contributed by atoms with van der Waals surface area (Å²) in [5, 5.41) is 11.5. The molecule has 0 spiro atoms. The Bertz CT molecular complexity index is 1140. The first-order valence-corrected chi connectivity index (χ1v) is 12.3. The van der Waals surface area contributed by atoms with E-state index >= 15 is 0 Å². The highest BCUT2D eigenvalue weighted by atomic mass is 35.5. The van der Waals surface area contributed by atoms with E-state index in [1.807, 2.05) is 56.3 Å². The van der Waals surface area contributed by atoms with Crippen LogP contribution >= 0.6 is 22.9 Å². The minimum absolute atomic E-state index is 0.0472. The molecular weight excluding hydrogens is 442 g/mol. The second-order valence-electron chi connectivity index (χ2n) is 9.03. The van der Waals surface area contributed by atoms with Crippen LogP contribution in [0.5, 0.6) is 0 Å². The molecule has 1 aliphatic rings. The number of carboxylic acid groups (broad SMARTS) is 1. The van der Waals surface area contributed by atoms with Crippen molar-refractivity contribution in [2.45, 2.75) is 52.5 Å². The molecule has 0 saturated heterocycles. The van der Waals surface area contributed by atoms with Crippen LogP contribution in [0.15, 0.2) is 42.5 Å². The zero-order valence-electron chi connectivity index (χ0n) is 18.6. The van der Waals surface area contributed by atoms with Gasteiger partial charge in [-0.05, 0) is 68.7 Å². The summed E-state index contributed by atoms with van der Waals surface area (Å²) in [4.78, 5) is 27.9. The Morgan fingerprint density at radius 2 is 1.72 bits per heavy atom. The normalized spacial score (nSPS) is 18.8. The van der Waals surface area contributed by atoms with Crippen LogP contribution < -0.4 is 4.90 Å². The molecular formula is C26H28ClNO3S. The summed E-state index contributed by atoms with van der Waals surface area (Å²) in [7, 11) is 0. The van der Waals surface area contributed by atoms with E-state index < -0.39 is 5.97 Å². The van der Waals surface area contributed by atoms with Crippen LogP contribution in [-0.4, -0.2) is 23.0 Å². The van der Waals surface area contributed by atoms with Gasteiger partial charge in [0.15, 0.2) is 0 Å². The number of hydrogen-bond donors (Lipinski definition) is 1. The number of nitrogens with zero attached hydrogens (tertiary/aromatic N) is 1. The highest BCUT2D eigenvalue weighted by Gasteiger charge is 2.34. The van der Waals surface area contributed by atoms with Gasteiger partial charge in [0, 0.05) is 27.1 Å². The van der Waals surface area contributed by atoms with E-state index in [4.69, 9.17) is 11.6 Å². The van der Waals surface area contributed by atoms with Gasteiger partial charge in [-0.3, -0.25) is 4.79 Å². The average molecular weight is 470 g/mol. The molecule has 1 aromatic heterocycles. The van der Waals surface area contributed by atoms with Gasteiger partial charge in [0.25, 0.3) is 0 Å². The fraction of sp³-hybridized carbons (Fsp3) is 0.385. The van der Waals surface area contributed by atoms with Crippen LogP contribution in [0.4, 0.5) is 5.69 Å². The lowest BCUT2D eigenvalue weighted by Gasteiger charge is -2.33. The molecule has 3 aromatic rings. The standard InChI is InChI=1S/C26H28ClNO3S/c1-15(2)28(25(29)18-9-7-16(3)8-10-18)22-21-6-4-5-20(17-11-13-19(27)14-12-17)23(21)32-24(22)26(30)31/h4-6,11-16,18H,7-10H2,1-3H3,(H,30,31). The average Bonchev–Trinajstić information content (AvgIpc) is 3.14. The van der Waals surface area contributed by atoms with Gasteiger partial charge in [-0.2, -0.15) is 0 Å². The minimum atomic E-state index is -1.00. The maximum Gasteiger partial charge on any atom is 0.348 e. The van der Waals surface area contributed by atoms with E-state index in [1.165, 1.54) is 11.3 Å². The third-order valence-electron chi connectivity index (χ3n) is 6.40. The number of benzene rings is 2. The molecule has 0 aliphatic heterocycles. The quantitative estimate of drug-likeness (QED) is 0.421. The summed E-state index contributed by atoms with van der Waals surface area (Å²) < 4.78 is 0.873. The smallest absolute Gasteiger partial charge is 0.348 e. The van der Waals surface area contributed by atoms with E-state index in [-0.39, 0.29) is 22.7 Å². The monoisotopic (exact) mass is 469 g/mol. The predicted octanol–water partition coefficient (Wildman–Crippen LogP) is 7.49. The van der Waals surface area contributed by atoms with Crippen LogP contribution in [-0.2, 0) is 4.79 Å². The summed E-state index contributed by atoms with van der Waals surface area (Å²) in [6.45, 7) is 6.15. The van der Waals surface area contributed by atoms with Gasteiger partial charge in [0.2, 0.25) is 5.91 Å². The van der Waals surface area contributed by atoms with Gasteiger partial charge < -0.3 is 10.0 Å². The number of halogens is 1. The van der Waals surface area contributed by atoms with Crippen molar-refractivity contribution in [3.63, 3.8) is 0 Å². The number of aromatic carboxylic acids is 1. The number of amides is 1. The van der Waals surface area contributed by atoms with Crippen LogP contribution in [0.2, 0.25) is 5.02 Å². The molecule has 4 rings (SSSR count). The third-order valence-corrected chi connectivity index (χ3v) is 7.87. The van der Waals surface area contributed by atoms with Gasteiger partial charge in [-0.25, -0.2) is 4.79 Å². The van der Waals surface area contributed by atoms with E-state index in [2.05, 4.69) is 6.92 Å². The molecule has 1 saturated carbocycles. The lowest BCUT2D eigenvalue weighted by Crippen LogP contribution is -2.42. The van der Waals surface area contributed by atoms with Crippen LogP contribution in [0.3, 0.4) is 0 Å². The molecule has 1 fully saturated rings. The number of fused-ring (bicyclic) bond motifs is 1. The zero-order chi connectivity index (χ0) is 23.0. The Kier molecular flexibility index (Phi) is 6.59. The van der Waals surface area contributed by atoms with E-state index in [0.29, 0.717) is 16.6 Å². The summed E-state index contributed by atoms with van der Waals surface area (Å²) in [6, 6.07) is 13.2. The molecule has 6 heteroatoms. The van der Waals surface area contributed by atoms with E-state index in [1.54, 1.807) is 4.90 Å². The number of anilines is 1. The Labute approximate surface area is 197 Å². The van der Waals surface area contributed by atoms with Gasteiger partial charge in [-0.15, -0.1) is 11.3 Å². The molecule has 168 valence electrons. The number of carbonyl (C=O) groups excluding carboxylic acids is 1. The maximum absolute atomic E-state index is 13.7. The number of carboxylic acids is 1. The number of thiophene rings is 1. The van der Waals surface area contributed by atoms with Crippen LogP contribution in [0, 0.1) is 11.8 Å². The van der Waals surface area contributed by atoms with Crippen molar-refractivity contribution < 1.29 is 14.7 Å². The maximum atomic E-state index is 13.7. The summed E-state index contributed by atoms with van der Waals surface area (Å²) >= 11 is 7.30. The number of carbonyl (C=O) groups is 2. The number of rotatable bonds is 5. The first-order chi connectivity index (χ1) is 15.3. The topological polar surface area (TPSA) is 57.6 Å². The zero-order valence-corrected chi connectivity index (χ0v) is 20.2. The molecule has 1 amide bonds. The molecule has 0 unspecified atom stereocenters. The molecule has 0 radical (unpaired) electrons. The molecule has 0 bridgehead atoms. The lowest BCUT2D eigenvalue weighted by atomic mass is 9.82. The number of hydrogen-bond acceptors (Lipinski definition) is 3. The van der Waals surface area contributed by atoms with Crippen molar-refractivity contribution in [1.82, 2.24) is 0 Å². The Morgan fingerprint density at radius 3 is 2.31 bits per heavy atom. The SMILES string of the molecule is CC1CCC(C(=O)N(c2c(C(=O)O)sc3c(-c4ccc(Cl)cc4)cccc23)C(C)C)CC1. The lowest BCUT2D eigenvalue weighted by molar-refractivity contribution is -0.123. The second kappa shape index (κ2) is 9.24. The van der Waals surface area contributed by atoms with Crippen molar-refractivity contribution in [2.24, 2.45) is 11.8 Å². The highest BCUT2D eigenvalue weighted by molar-refractivity contribution is 7.22. The van der Waals surface area contributed by atoms with Crippen molar-refractivity contribution >= 4 is 50.6 Å². The van der Waals surface area contributed by atoms with Crippen molar-refractivity contribution in [1.29, 1.82) is 0 Å². The summed E-state index contributed by atoms with van der Waals surface area (Å²) in [6.07, 6.45) is 3.81. The van der Waals surface area contributed by atoms with Crippen molar-refractivity contribution in [3.8, 4) is 11.1 Å². The molecule has 2 aromatic carbocycles. The largest absolute Gasteiger partial charge is 0.477 e.